The number of rotatable bonds is 15. The third-order valence-corrected chi connectivity index (χ3v) is 6.86. The van der Waals surface area contributed by atoms with Crippen LogP contribution >= 0.6 is 0 Å². The van der Waals surface area contributed by atoms with Crippen LogP contribution < -0.4 is 0 Å². The monoisotopic (exact) mass is 593 g/mol. The molecule has 1 saturated heterocycles. The highest BCUT2D eigenvalue weighted by Crippen LogP contribution is 2.06. The van der Waals surface area contributed by atoms with Crippen LogP contribution in [0.1, 0.15) is 0 Å². The molecule has 16 heteroatoms. The molecule has 0 aliphatic carbocycles. The molecule has 0 spiro atoms. The molecule has 238 valence electrons. The van der Waals surface area contributed by atoms with Crippen LogP contribution in [0.25, 0.3) is 0 Å². The molecule has 1 rings (SSSR count). The molecule has 1 aliphatic heterocycles. The number of aliphatic hydroxyl groups is 3. The molecular weight excluding hydrogens is 546 g/mol. The van der Waals surface area contributed by atoms with E-state index >= 15 is 0 Å². The highest BCUT2D eigenvalue weighted by Gasteiger charge is 2.25. The Balaban J connectivity index is 3.11. The summed E-state index contributed by atoms with van der Waals surface area (Å²) in [5.74, 6) is -2.40. The number of esters is 3. The molecular formula is C25H47N5O11. The van der Waals surface area contributed by atoms with Crippen LogP contribution in [0.4, 0.5) is 0 Å². The lowest BCUT2D eigenvalue weighted by molar-refractivity contribution is -0.144. The normalized spacial score (nSPS) is 18.0. The van der Waals surface area contributed by atoms with Crippen molar-refractivity contribution in [3.05, 3.63) is 0 Å². The number of carboxylic acids is 1. The van der Waals surface area contributed by atoms with Crippen LogP contribution in [0, 0.1) is 0 Å². The highest BCUT2D eigenvalue weighted by molar-refractivity contribution is 5.72. The SMILES string of the molecule is COC(=O)CN1CCN(CC(=O)OC)CCN(CC(O)CN(CC(=O)O)C(CO)CO)CCN(CC(=O)OC)CC1. The van der Waals surface area contributed by atoms with Crippen molar-refractivity contribution in [1.82, 2.24) is 24.5 Å². The van der Waals surface area contributed by atoms with Gasteiger partial charge < -0.3 is 34.6 Å². The molecule has 1 unspecified atom stereocenters. The fourth-order valence-corrected chi connectivity index (χ4v) is 4.41. The van der Waals surface area contributed by atoms with E-state index in [1.54, 1.807) is 0 Å². The Morgan fingerprint density at radius 3 is 1.32 bits per heavy atom. The number of carboxylic acid groups (broad SMARTS) is 1. The Bertz CT molecular complexity index is 768. The summed E-state index contributed by atoms with van der Waals surface area (Å²) in [5, 5.41) is 39.2. The summed E-state index contributed by atoms with van der Waals surface area (Å²) in [6.07, 6.45) is -1.03. The molecule has 1 atom stereocenters. The van der Waals surface area contributed by atoms with Crippen LogP contribution in [0.3, 0.4) is 0 Å². The predicted octanol–water partition coefficient (Wildman–Crippen LogP) is -4.17. The highest BCUT2D eigenvalue weighted by atomic mass is 16.5. The van der Waals surface area contributed by atoms with Gasteiger partial charge in [-0.05, 0) is 0 Å². The number of hydrogen-bond donors (Lipinski definition) is 4. The molecule has 0 amide bonds. The zero-order valence-electron chi connectivity index (χ0n) is 24.4. The molecule has 0 radical (unpaired) electrons. The zero-order chi connectivity index (χ0) is 30.8. The first-order chi connectivity index (χ1) is 19.5. The van der Waals surface area contributed by atoms with E-state index in [1.807, 2.05) is 19.6 Å². The van der Waals surface area contributed by atoms with Gasteiger partial charge in [-0.2, -0.15) is 0 Å². The largest absolute Gasteiger partial charge is 0.480 e. The summed E-state index contributed by atoms with van der Waals surface area (Å²) in [5.41, 5.74) is 0. The van der Waals surface area contributed by atoms with Crippen LogP contribution in [-0.4, -0.2) is 207 Å². The number of ether oxygens (including phenoxy) is 3. The summed E-state index contributed by atoms with van der Waals surface area (Å²) in [4.78, 5) is 56.4. The lowest BCUT2D eigenvalue weighted by Gasteiger charge is -2.35. The van der Waals surface area contributed by atoms with Gasteiger partial charge in [-0.15, -0.1) is 0 Å². The van der Waals surface area contributed by atoms with Crippen molar-refractivity contribution >= 4 is 23.9 Å². The van der Waals surface area contributed by atoms with Crippen molar-refractivity contribution in [3.63, 3.8) is 0 Å². The lowest BCUT2D eigenvalue weighted by Crippen LogP contribution is -2.52. The maximum atomic E-state index is 12.1. The van der Waals surface area contributed by atoms with Gasteiger partial charge in [-0.1, -0.05) is 0 Å². The topological polar surface area (TPSA) is 193 Å². The lowest BCUT2D eigenvalue weighted by atomic mass is 10.2. The Morgan fingerprint density at radius 1 is 0.683 bits per heavy atom. The molecule has 0 aromatic heterocycles. The van der Waals surface area contributed by atoms with Gasteiger partial charge >= 0.3 is 23.9 Å². The molecule has 0 aromatic carbocycles. The van der Waals surface area contributed by atoms with Crippen LogP contribution in [0.2, 0.25) is 0 Å². The predicted molar refractivity (Wildman–Crippen MR) is 145 cm³/mol. The van der Waals surface area contributed by atoms with Crippen molar-refractivity contribution in [3.8, 4) is 0 Å². The van der Waals surface area contributed by atoms with Gasteiger partial charge in [0.05, 0.1) is 72.9 Å². The Morgan fingerprint density at radius 2 is 1.02 bits per heavy atom. The van der Waals surface area contributed by atoms with Crippen molar-refractivity contribution < 1.29 is 53.8 Å². The van der Waals surface area contributed by atoms with Gasteiger partial charge in [0.25, 0.3) is 0 Å². The zero-order valence-corrected chi connectivity index (χ0v) is 24.4. The fourth-order valence-electron chi connectivity index (χ4n) is 4.41. The second-order valence-corrected chi connectivity index (χ2v) is 9.85. The van der Waals surface area contributed by atoms with Gasteiger partial charge in [0.2, 0.25) is 0 Å². The third kappa shape index (κ3) is 15.4. The summed E-state index contributed by atoms with van der Waals surface area (Å²) in [6.45, 7) is 2.11. The number of carbonyl (C=O) groups is 4. The molecule has 1 aliphatic rings. The van der Waals surface area contributed by atoms with E-state index in [-0.39, 0.29) is 32.7 Å². The van der Waals surface area contributed by atoms with Gasteiger partial charge in [-0.3, -0.25) is 43.7 Å². The van der Waals surface area contributed by atoms with Crippen molar-refractivity contribution in [2.24, 2.45) is 0 Å². The molecule has 0 saturated carbocycles. The second kappa shape index (κ2) is 20.4. The first-order valence-electron chi connectivity index (χ1n) is 13.5. The number of nitrogens with zero attached hydrogens (tertiary/aromatic N) is 5. The number of β-amino-alcohol motifs (C(OH)–C–C–N with tert-alkyl or cyclic N) is 1. The second-order valence-electron chi connectivity index (χ2n) is 9.85. The summed E-state index contributed by atoms with van der Waals surface area (Å²) < 4.78 is 14.5. The van der Waals surface area contributed by atoms with Crippen molar-refractivity contribution in [1.29, 1.82) is 0 Å². The Hall–Kier alpha value is -2.44. The standard InChI is InChI=1S/C25H47N5O11/c1-39-23(36)15-27-6-4-26(12-21(33)13-30(14-22(34)35)20(18-31)19-32)5-7-28(16-24(37)40-2)9-11-29(10-8-27)17-25(38)41-3/h20-21,31-33H,4-19H2,1-3H3,(H,34,35). The molecule has 1 fully saturated rings. The molecule has 16 nitrogen and oxygen atoms in total. The van der Waals surface area contributed by atoms with Crippen LogP contribution in [-0.2, 0) is 33.4 Å². The van der Waals surface area contributed by atoms with Crippen molar-refractivity contribution in [2.45, 2.75) is 12.1 Å². The Kier molecular flexibility index (Phi) is 18.2. The third-order valence-electron chi connectivity index (χ3n) is 6.86. The van der Waals surface area contributed by atoms with Gasteiger partial charge in [0.15, 0.2) is 0 Å². The molecule has 0 bridgehead atoms. The van der Waals surface area contributed by atoms with Gasteiger partial charge in [0, 0.05) is 65.4 Å². The van der Waals surface area contributed by atoms with E-state index in [9.17, 15) is 39.6 Å². The van der Waals surface area contributed by atoms with Gasteiger partial charge in [0.1, 0.15) is 0 Å². The first-order valence-corrected chi connectivity index (χ1v) is 13.5. The number of aliphatic hydroxyl groups excluding tert-OH is 3. The fraction of sp³-hybridized carbons (Fsp3) is 0.840. The van der Waals surface area contributed by atoms with Crippen LogP contribution in [0.5, 0.6) is 0 Å². The van der Waals surface area contributed by atoms with E-state index in [2.05, 4.69) is 0 Å². The molecule has 1 heterocycles. The van der Waals surface area contributed by atoms with Crippen LogP contribution in [0.15, 0.2) is 0 Å². The number of carbonyl (C=O) groups excluding carboxylic acids is 3. The molecule has 4 N–H and O–H groups in total. The quantitative estimate of drug-likeness (QED) is 0.105. The molecule has 41 heavy (non-hydrogen) atoms. The smallest absolute Gasteiger partial charge is 0.319 e. The average Bonchev–Trinajstić information content (AvgIpc) is 2.93. The first kappa shape index (κ1) is 36.6. The van der Waals surface area contributed by atoms with Crippen molar-refractivity contribution in [2.75, 3.05) is 126 Å². The minimum absolute atomic E-state index is 0.0223. The summed E-state index contributed by atoms with van der Waals surface area (Å²) in [7, 11) is 3.91. The maximum absolute atomic E-state index is 12.1. The van der Waals surface area contributed by atoms with E-state index in [0.717, 1.165) is 0 Å². The number of methoxy groups -OCH3 is 3. The maximum Gasteiger partial charge on any atom is 0.319 e. The van der Waals surface area contributed by atoms with E-state index < -0.39 is 55.8 Å². The minimum atomic E-state index is -1.16. The van der Waals surface area contributed by atoms with E-state index in [1.165, 1.54) is 26.2 Å². The number of aliphatic carboxylic acids is 1. The van der Waals surface area contributed by atoms with E-state index in [0.29, 0.717) is 52.4 Å². The summed E-state index contributed by atoms with van der Waals surface area (Å²) >= 11 is 0. The number of hydrogen-bond acceptors (Lipinski definition) is 15. The Labute approximate surface area is 240 Å². The van der Waals surface area contributed by atoms with Gasteiger partial charge in [-0.25, -0.2) is 0 Å². The molecule has 0 aromatic rings. The minimum Gasteiger partial charge on any atom is -0.480 e. The average molecular weight is 594 g/mol. The van der Waals surface area contributed by atoms with E-state index in [4.69, 9.17) is 14.2 Å². The summed E-state index contributed by atoms with van der Waals surface area (Å²) in [6, 6.07) is -0.842.